The molecule has 0 amide bonds. The van der Waals surface area contributed by atoms with Gasteiger partial charge in [-0.25, -0.2) is 9.97 Å². The van der Waals surface area contributed by atoms with E-state index in [0.717, 1.165) is 30.8 Å². The largest absolute Gasteiger partial charge is 0.396 e. The number of anilines is 1. The first-order valence-corrected chi connectivity index (χ1v) is 7.40. The second-order valence-corrected chi connectivity index (χ2v) is 5.77. The maximum atomic E-state index is 9.23. The lowest BCUT2D eigenvalue weighted by Crippen LogP contribution is -2.41. The molecule has 1 aromatic rings. The number of halogens is 1. The van der Waals surface area contributed by atoms with Crippen LogP contribution < -0.4 is 4.90 Å². The summed E-state index contributed by atoms with van der Waals surface area (Å²) in [5.41, 5.74) is 1.02. The minimum atomic E-state index is 0.219. The Bertz CT molecular complexity index is 423. The van der Waals surface area contributed by atoms with Gasteiger partial charge in [0.15, 0.2) is 0 Å². The third-order valence-electron chi connectivity index (χ3n) is 3.75. The first kappa shape index (κ1) is 14.5. The zero-order valence-corrected chi connectivity index (χ0v) is 12.4. The molecule has 0 saturated carbocycles. The van der Waals surface area contributed by atoms with Gasteiger partial charge in [0.1, 0.15) is 17.3 Å². The lowest BCUT2D eigenvalue weighted by Gasteiger charge is -2.38. The van der Waals surface area contributed by atoms with E-state index in [-0.39, 0.29) is 6.61 Å². The molecule has 0 bridgehead atoms. The van der Waals surface area contributed by atoms with E-state index in [1.807, 2.05) is 0 Å². The summed E-state index contributed by atoms with van der Waals surface area (Å²) >= 11 is 6.24. The zero-order valence-electron chi connectivity index (χ0n) is 11.6. The van der Waals surface area contributed by atoms with Gasteiger partial charge in [0.05, 0.1) is 0 Å². The van der Waals surface area contributed by atoms with Crippen LogP contribution in [0.5, 0.6) is 0 Å². The maximum absolute atomic E-state index is 9.23. The molecule has 0 aromatic carbocycles. The van der Waals surface area contributed by atoms with Crippen LogP contribution in [-0.2, 0) is 0 Å². The quantitative estimate of drug-likeness (QED) is 0.863. The van der Waals surface area contributed by atoms with Crippen molar-refractivity contribution in [2.24, 2.45) is 0 Å². The highest BCUT2D eigenvalue weighted by molar-refractivity contribution is 6.30. The van der Waals surface area contributed by atoms with Crippen LogP contribution in [0.25, 0.3) is 0 Å². The summed E-state index contributed by atoms with van der Waals surface area (Å²) in [6, 6.07) is 0.363. The van der Waals surface area contributed by atoms with Crippen LogP contribution in [0.1, 0.15) is 51.0 Å². The van der Waals surface area contributed by atoms with Crippen molar-refractivity contribution in [2.75, 3.05) is 18.1 Å². The summed E-state index contributed by atoms with van der Waals surface area (Å²) in [4.78, 5) is 10.9. The number of nitrogens with zero attached hydrogens (tertiary/aromatic N) is 3. The minimum Gasteiger partial charge on any atom is -0.396 e. The van der Waals surface area contributed by atoms with Crippen molar-refractivity contribution in [3.8, 4) is 0 Å². The van der Waals surface area contributed by atoms with Crippen LogP contribution in [0.4, 0.5) is 5.82 Å². The molecule has 1 unspecified atom stereocenters. The van der Waals surface area contributed by atoms with Crippen molar-refractivity contribution >= 4 is 17.4 Å². The maximum Gasteiger partial charge on any atom is 0.138 e. The van der Waals surface area contributed by atoms with E-state index >= 15 is 0 Å². The monoisotopic (exact) mass is 283 g/mol. The van der Waals surface area contributed by atoms with E-state index < -0.39 is 0 Å². The third-order valence-corrected chi connectivity index (χ3v) is 4.05. The molecule has 1 fully saturated rings. The first-order valence-electron chi connectivity index (χ1n) is 7.03. The Morgan fingerprint density at radius 2 is 2.21 bits per heavy atom. The van der Waals surface area contributed by atoms with E-state index in [4.69, 9.17) is 11.6 Å². The topological polar surface area (TPSA) is 49.2 Å². The summed E-state index contributed by atoms with van der Waals surface area (Å²) in [7, 11) is 0. The average Bonchev–Trinajstić information content (AvgIpc) is 2.39. The molecule has 2 heterocycles. The molecule has 1 saturated heterocycles. The van der Waals surface area contributed by atoms with Crippen molar-refractivity contribution in [2.45, 2.75) is 51.5 Å². The van der Waals surface area contributed by atoms with Crippen LogP contribution >= 0.6 is 11.6 Å². The number of aliphatic hydroxyl groups excluding tert-OH is 1. The Morgan fingerprint density at radius 1 is 1.42 bits per heavy atom. The zero-order chi connectivity index (χ0) is 13.8. The second kappa shape index (κ2) is 6.53. The highest BCUT2D eigenvalue weighted by Crippen LogP contribution is 2.34. The predicted octanol–water partition coefficient (Wildman–Crippen LogP) is 2.99. The molecule has 4 nitrogen and oxygen atoms in total. The lowest BCUT2D eigenvalue weighted by atomic mass is 9.97. The van der Waals surface area contributed by atoms with E-state index in [2.05, 4.69) is 28.7 Å². The summed E-state index contributed by atoms with van der Waals surface area (Å²) in [5, 5.41) is 9.78. The lowest BCUT2D eigenvalue weighted by molar-refractivity contribution is 0.262. The molecule has 1 atom stereocenters. The standard InChI is InChI=1S/C14H22ClN3O/c1-10(2)12-13(15)16-9-17-14(12)18-7-4-3-5-11(18)6-8-19/h9-11,19H,3-8H2,1-2H3. The number of hydrogen-bond acceptors (Lipinski definition) is 4. The molecule has 0 radical (unpaired) electrons. The average molecular weight is 284 g/mol. The molecule has 0 aliphatic carbocycles. The van der Waals surface area contributed by atoms with Gasteiger partial charge in [-0.1, -0.05) is 25.4 Å². The molecule has 1 aliphatic heterocycles. The van der Waals surface area contributed by atoms with Gasteiger partial charge in [-0.3, -0.25) is 0 Å². The molecule has 1 N–H and O–H groups in total. The number of piperidine rings is 1. The summed E-state index contributed by atoms with van der Waals surface area (Å²) < 4.78 is 0. The smallest absolute Gasteiger partial charge is 0.138 e. The Hall–Kier alpha value is -0.870. The van der Waals surface area contributed by atoms with Gasteiger partial charge in [0.25, 0.3) is 0 Å². The molecule has 1 aliphatic rings. The molecule has 106 valence electrons. The number of rotatable bonds is 4. The Labute approximate surface area is 119 Å². The van der Waals surface area contributed by atoms with E-state index in [0.29, 0.717) is 17.1 Å². The van der Waals surface area contributed by atoms with Crippen molar-refractivity contribution in [3.63, 3.8) is 0 Å². The molecular formula is C14H22ClN3O. The molecule has 0 spiro atoms. The van der Waals surface area contributed by atoms with Gasteiger partial charge in [-0.2, -0.15) is 0 Å². The van der Waals surface area contributed by atoms with Crippen LogP contribution in [-0.4, -0.2) is 34.3 Å². The molecular weight excluding hydrogens is 262 g/mol. The Kier molecular flexibility index (Phi) is 4.99. The van der Waals surface area contributed by atoms with E-state index in [1.165, 1.54) is 19.2 Å². The van der Waals surface area contributed by atoms with Crippen molar-refractivity contribution in [1.29, 1.82) is 0 Å². The molecule has 19 heavy (non-hydrogen) atoms. The summed E-state index contributed by atoms with van der Waals surface area (Å²) in [5.74, 6) is 1.24. The van der Waals surface area contributed by atoms with Crippen molar-refractivity contribution < 1.29 is 5.11 Å². The van der Waals surface area contributed by atoms with Crippen LogP contribution in [0.2, 0.25) is 5.15 Å². The fraction of sp³-hybridized carbons (Fsp3) is 0.714. The number of aliphatic hydroxyl groups is 1. The number of aromatic nitrogens is 2. The van der Waals surface area contributed by atoms with Gasteiger partial charge in [0.2, 0.25) is 0 Å². The SMILES string of the molecule is CC(C)c1c(Cl)ncnc1N1CCCCC1CCO. The normalized spacial score (nSPS) is 20.1. The molecule has 5 heteroatoms. The van der Waals surface area contributed by atoms with Crippen LogP contribution in [0.3, 0.4) is 0 Å². The van der Waals surface area contributed by atoms with Gasteiger partial charge >= 0.3 is 0 Å². The summed E-state index contributed by atoms with van der Waals surface area (Å²) in [6.07, 6.45) is 5.82. The first-order chi connectivity index (χ1) is 9.15. The highest BCUT2D eigenvalue weighted by Gasteiger charge is 2.27. The Morgan fingerprint density at radius 3 is 2.89 bits per heavy atom. The fourth-order valence-corrected chi connectivity index (χ4v) is 3.17. The second-order valence-electron chi connectivity index (χ2n) is 5.41. The fourth-order valence-electron chi connectivity index (χ4n) is 2.82. The summed E-state index contributed by atoms with van der Waals surface area (Å²) in [6.45, 7) is 5.42. The van der Waals surface area contributed by atoms with Crippen LogP contribution in [0.15, 0.2) is 6.33 Å². The Balaban J connectivity index is 2.35. The molecule has 1 aromatic heterocycles. The van der Waals surface area contributed by atoms with Gasteiger partial charge in [0, 0.05) is 24.8 Å². The van der Waals surface area contributed by atoms with Crippen molar-refractivity contribution in [3.05, 3.63) is 17.0 Å². The number of hydrogen-bond donors (Lipinski definition) is 1. The van der Waals surface area contributed by atoms with Gasteiger partial charge < -0.3 is 10.0 Å². The van der Waals surface area contributed by atoms with Crippen LogP contribution in [0, 0.1) is 0 Å². The third kappa shape index (κ3) is 3.18. The van der Waals surface area contributed by atoms with E-state index in [9.17, 15) is 5.11 Å². The highest BCUT2D eigenvalue weighted by atomic mass is 35.5. The predicted molar refractivity (Wildman–Crippen MR) is 77.8 cm³/mol. The van der Waals surface area contributed by atoms with Gasteiger partial charge in [-0.05, 0) is 31.6 Å². The minimum absolute atomic E-state index is 0.219. The van der Waals surface area contributed by atoms with Crippen molar-refractivity contribution in [1.82, 2.24) is 9.97 Å². The van der Waals surface area contributed by atoms with E-state index in [1.54, 1.807) is 0 Å². The molecule has 2 rings (SSSR count). The van der Waals surface area contributed by atoms with Gasteiger partial charge in [-0.15, -0.1) is 0 Å².